The largest absolute Gasteiger partial charge is 0.459 e. The highest BCUT2D eigenvalue weighted by Gasteiger charge is 2.37. The van der Waals surface area contributed by atoms with E-state index in [1.807, 2.05) is 13.8 Å². The predicted molar refractivity (Wildman–Crippen MR) is 113 cm³/mol. The molecule has 3 heterocycles. The topological polar surface area (TPSA) is 147 Å². The van der Waals surface area contributed by atoms with E-state index in [9.17, 15) is 24.0 Å². The second-order valence-electron chi connectivity index (χ2n) is 8.08. The van der Waals surface area contributed by atoms with Gasteiger partial charge in [0.25, 0.3) is 11.5 Å². The number of ketones is 1. The number of ether oxygens (including phenoxy) is 1. The lowest BCUT2D eigenvalue weighted by atomic mass is 10.1. The quantitative estimate of drug-likeness (QED) is 0.475. The van der Waals surface area contributed by atoms with Gasteiger partial charge in [-0.2, -0.15) is 0 Å². The third kappa shape index (κ3) is 4.36. The van der Waals surface area contributed by atoms with Gasteiger partial charge in [-0.15, -0.1) is 0 Å². The van der Waals surface area contributed by atoms with Gasteiger partial charge in [0, 0.05) is 20.1 Å². The number of aromatic nitrogens is 2. The molecule has 1 amide bonds. The van der Waals surface area contributed by atoms with Crippen LogP contribution in [0.3, 0.4) is 0 Å². The van der Waals surface area contributed by atoms with Crippen molar-refractivity contribution in [3.63, 3.8) is 0 Å². The SMILES string of the molecule is CC(C)Cn1c(N)c(C(=O)COC(=O)[C@@H]2CCCN2C(=O)c2ccco2)c(=O)n(C)c1=O. The fraction of sp³-hybridized carbons (Fsp3) is 0.476. The molecule has 172 valence electrons. The van der Waals surface area contributed by atoms with Crippen molar-refractivity contribution in [3.8, 4) is 0 Å². The van der Waals surface area contributed by atoms with Gasteiger partial charge in [0.15, 0.2) is 12.4 Å². The maximum absolute atomic E-state index is 12.7. The van der Waals surface area contributed by atoms with E-state index < -0.39 is 47.1 Å². The monoisotopic (exact) mass is 446 g/mol. The lowest BCUT2D eigenvalue weighted by Gasteiger charge is -2.22. The third-order valence-corrected chi connectivity index (χ3v) is 5.27. The van der Waals surface area contributed by atoms with E-state index in [-0.39, 0.29) is 24.0 Å². The summed E-state index contributed by atoms with van der Waals surface area (Å²) in [5.41, 5.74) is 4.08. The number of nitrogens with two attached hydrogens (primary N) is 1. The van der Waals surface area contributed by atoms with E-state index in [0.717, 1.165) is 9.13 Å². The van der Waals surface area contributed by atoms with E-state index in [0.29, 0.717) is 19.4 Å². The van der Waals surface area contributed by atoms with Crippen LogP contribution in [0.5, 0.6) is 0 Å². The lowest BCUT2D eigenvalue weighted by Crippen LogP contribution is -2.44. The molecule has 1 saturated heterocycles. The van der Waals surface area contributed by atoms with Crippen LogP contribution < -0.4 is 17.0 Å². The Kier molecular flexibility index (Phi) is 6.66. The van der Waals surface area contributed by atoms with Gasteiger partial charge in [-0.05, 0) is 30.9 Å². The van der Waals surface area contributed by atoms with Crippen LogP contribution in [-0.4, -0.2) is 50.9 Å². The van der Waals surface area contributed by atoms with Gasteiger partial charge in [-0.1, -0.05) is 13.8 Å². The zero-order valence-electron chi connectivity index (χ0n) is 18.2. The Bertz CT molecular complexity index is 1140. The molecule has 0 aliphatic carbocycles. The molecule has 1 fully saturated rings. The summed E-state index contributed by atoms with van der Waals surface area (Å²) in [6.07, 6.45) is 2.33. The number of hydrogen-bond acceptors (Lipinski definition) is 8. The van der Waals surface area contributed by atoms with Gasteiger partial charge in [0.1, 0.15) is 17.4 Å². The first-order valence-corrected chi connectivity index (χ1v) is 10.3. The first-order chi connectivity index (χ1) is 15.1. The number of Topliss-reactive ketones (excluding diaryl/α,β-unsaturated/α-hetero) is 1. The number of carbonyl (C=O) groups excluding carboxylic acids is 3. The minimum atomic E-state index is -0.865. The standard InChI is InChI=1S/C21H26N4O7/c1-12(2)10-25-17(22)16(19(28)23(3)21(25)30)14(26)11-32-20(29)13-6-4-8-24(13)18(27)15-7-5-9-31-15/h5,7,9,12-13H,4,6,8,10-11,22H2,1-3H3/t13-/m0/s1. The molecule has 0 bridgehead atoms. The minimum Gasteiger partial charge on any atom is -0.459 e. The lowest BCUT2D eigenvalue weighted by molar-refractivity contribution is -0.147. The van der Waals surface area contributed by atoms with Gasteiger partial charge in [-0.25, -0.2) is 9.59 Å². The van der Waals surface area contributed by atoms with Crippen LogP contribution in [0, 0.1) is 5.92 Å². The molecule has 0 unspecified atom stereocenters. The molecule has 2 aromatic heterocycles. The Morgan fingerprint density at radius 2 is 2.00 bits per heavy atom. The summed E-state index contributed by atoms with van der Waals surface area (Å²) in [6, 6.07) is 2.20. The van der Waals surface area contributed by atoms with Crippen LogP contribution in [0.1, 0.15) is 47.6 Å². The molecule has 2 aromatic rings. The van der Waals surface area contributed by atoms with E-state index >= 15 is 0 Å². The Morgan fingerprint density at radius 3 is 2.62 bits per heavy atom. The Balaban J connectivity index is 1.76. The zero-order valence-corrected chi connectivity index (χ0v) is 18.2. The Labute approximate surface area is 183 Å². The summed E-state index contributed by atoms with van der Waals surface area (Å²) in [6.45, 7) is 3.54. The van der Waals surface area contributed by atoms with Crippen molar-refractivity contribution >= 4 is 23.5 Å². The van der Waals surface area contributed by atoms with Crippen molar-refractivity contribution in [3.05, 3.63) is 50.6 Å². The molecule has 2 N–H and O–H groups in total. The molecular formula is C21H26N4O7. The molecular weight excluding hydrogens is 420 g/mol. The van der Waals surface area contributed by atoms with Gasteiger partial charge < -0.3 is 19.8 Å². The van der Waals surface area contributed by atoms with Crippen molar-refractivity contribution in [1.82, 2.24) is 14.0 Å². The number of hydrogen-bond donors (Lipinski definition) is 1. The molecule has 0 radical (unpaired) electrons. The molecule has 1 atom stereocenters. The van der Waals surface area contributed by atoms with Crippen molar-refractivity contribution < 1.29 is 23.5 Å². The molecule has 1 aliphatic rings. The number of rotatable bonds is 7. The summed E-state index contributed by atoms with van der Waals surface area (Å²) in [4.78, 5) is 64.1. The molecule has 0 spiro atoms. The summed E-state index contributed by atoms with van der Waals surface area (Å²) < 4.78 is 12.2. The van der Waals surface area contributed by atoms with E-state index in [4.69, 9.17) is 14.9 Å². The smallest absolute Gasteiger partial charge is 0.332 e. The number of nitrogen functional groups attached to an aromatic ring is 1. The highest BCUT2D eigenvalue weighted by atomic mass is 16.5. The number of amides is 1. The molecule has 3 rings (SSSR count). The number of anilines is 1. The number of esters is 1. The summed E-state index contributed by atoms with van der Waals surface area (Å²) in [5, 5.41) is 0. The zero-order chi connectivity index (χ0) is 23.6. The van der Waals surface area contributed by atoms with Crippen LogP contribution in [0.2, 0.25) is 0 Å². The van der Waals surface area contributed by atoms with Crippen molar-refractivity contribution in [2.75, 3.05) is 18.9 Å². The van der Waals surface area contributed by atoms with Gasteiger partial charge in [-0.3, -0.25) is 23.5 Å². The summed E-state index contributed by atoms with van der Waals surface area (Å²) in [7, 11) is 1.25. The maximum atomic E-state index is 12.7. The van der Waals surface area contributed by atoms with Crippen molar-refractivity contribution in [2.45, 2.75) is 39.3 Å². The average molecular weight is 446 g/mol. The van der Waals surface area contributed by atoms with Crippen LogP contribution in [0.15, 0.2) is 32.4 Å². The van der Waals surface area contributed by atoms with Crippen LogP contribution in [0.4, 0.5) is 5.82 Å². The van der Waals surface area contributed by atoms with Gasteiger partial charge in [0.05, 0.1) is 6.26 Å². The molecule has 11 heteroatoms. The Morgan fingerprint density at radius 1 is 1.28 bits per heavy atom. The number of furan rings is 1. The third-order valence-electron chi connectivity index (χ3n) is 5.27. The van der Waals surface area contributed by atoms with Crippen LogP contribution in [0.25, 0.3) is 0 Å². The second kappa shape index (κ2) is 9.25. The molecule has 1 aliphatic heterocycles. The maximum Gasteiger partial charge on any atom is 0.332 e. The van der Waals surface area contributed by atoms with Crippen molar-refractivity contribution in [2.24, 2.45) is 13.0 Å². The summed E-state index contributed by atoms with van der Waals surface area (Å²) in [5.74, 6) is -2.15. The Hall–Kier alpha value is -3.63. The van der Waals surface area contributed by atoms with Gasteiger partial charge >= 0.3 is 11.7 Å². The first kappa shape index (κ1) is 23.0. The van der Waals surface area contributed by atoms with Crippen LogP contribution >= 0.6 is 0 Å². The van der Waals surface area contributed by atoms with E-state index in [2.05, 4.69) is 0 Å². The fourth-order valence-corrected chi connectivity index (χ4v) is 3.69. The van der Waals surface area contributed by atoms with Crippen LogP contribution in [-0.2, 0) is 23.1 Å². The number of carbonyl (C=O) groups is 3. The second-order valence-corrected chi connectivity index (χ2v) is 8.08. The molecule has 0 saturated carbocycles. The molecule has 0 aromatic carbocycles. The fourth-order valence-electron chi connectivity index (χ4n) is 3.69. The van der Waals surface area contributed by atoms with E-state index in [1.54, 1.807) is 6.07 Å². The predicted octanol–water partition coefficient (Wildman–Crippen LogP) is 0.409. The van der Waals surface area contributed by atoms with E-state index in [1.165, 1.54) is 24.3 Å². The highest BCUT2D eigenvalue weighted by Crippen LogP contribution is 2.21. The normalized spacial score (nSPS) is 15.9. The number of likely N-dealkylation sites (tertiary alicyclic amines) is 1. The number of nitrogens with zero attached hydrogens (tertiary/aromatic N) is 3. The molecule has 32 heavy (non-hydrogen) atoms. The first-order valence-electron chi connectivity index (χ1n) is 10.3. The average Bonchev–Trinajstić information content (AvgIpc) is 3.45. The van der Waals surface area contributed by atoms with Gasteiger partial charge in [0.2, 0.25) is 5.78 Å². The molecule has 11 nitrogen and oxygen atoms in total. The summed E-state index contributed by atoms with van der Waals surface area (Å²) >= 11 is 0. The highest BCUT2D eigenvalue weighted by molar-refractivity contribution is 6.01. The van der Waals surface area contributed by atoms with Crippen molar-refractivity contribution in [1.29, 1.82) is 0 Å². The minimum absolute atomic E-state index is 0.0355.